The highest BCUT2D eigenvalue weighted by atomic mass is 35.5. The minimum atomic E-state index is -3.89. The van der Waals surface area contributed by atoms with Crippen molar-refractivity contribution >= 4 is 21.6 Å². The maximum absolute atomic E-state index is 12.6. The van der Waals surface area contributed by atoms with Crippen molar-refractivity contribution in [2.45, 2.75) is 17.0 Å². The first-order chi connectivity index (χ1) is 9.37. The van der Waals surface area contributed by atoms with Crippen molar-refractivity contribution in [3.05, 3.63) is 28.8 Å². The standard InChI is InChI=1S/C12H14ClN3O3S/c1-16(10-6-15-7-11(10)17)20(18,19)12-4-9(13)3-2-8(12)5-14/h2-4,10-11,15,17H,6-7H2,1H3/t10-,11-/m0/s1. The number of hydrogen-bond acceptors (Lipinski definition) is 5. The van der Waals surface area contributed by atoms with Crippen LogP contribution in [0.5, 0.6) is 0 Å². The summed E-state index contributed by atoms with van der Waals surface area (Å²) in [6.45, 7) is 0.699. The second kappa shape index (κ2) is 5.68. The third-order valence-electron chi connectivity index (χ3n) is 3.34. The highest BCUT2D eigenvalue weighted by molar-refractivity contribution is 7.89. The summed E-state index contributed by atoms with van der Waals surface area (Å²) in [5.41, 5.74) is 0.0293. The molecule has 1 aromatic rings. The Balaban J connectivity index is 2.45. The predicted molar refractivity (Wildman–Crippen MR) is 73.8 cm³/mol. The number of halogens is 1. The van der Waals surface area contributed by atoms with Crippen molar-refractivity contribution in [2.24, 2.45) is 0 Å². The second-order valence-electron chi connectivity index (χ2n) is 4.57. The van der Waals surface area contributed by atoms with Gasteiger partial charge in [0.15, 0.2) is 0 Å². The van der Waals surface area contributed by atoms with E-state index >= 15 is 0 Å². The highest BCUT2D eigenvalue weighted by Crippen LogP contribution is 2.25. The van der Waals surface area contributed by atoms with E-state index in [1.54, 1.807) is 0 Å². The van der Waals surface area contributed by atoms with Gasteiger partial charge in [-0.05, 0) is 18.2 Å². The number of hydrogen-bond donors (Lipinski definition) is 2. The molecule has 2 rings (SSSR count). The van der Waals surface area contributed by atoms with E-state index in [0.29, 0.717) is 13.1 Å². The molecule has 0 amide bonds. The molecule has 1 saturated heterocycles. The van der Waals surface area contributed by atoms with Gasteiger partial charge in [0, 0.05) is 25.2 Å². The van der Waals surface area contributed by atoms with Crippen LogP contribution >= 0.6 is 11.6 Å². The van der Waals surface area contributed by atoms with E-state index in [4.69, 9.17) is 16.9 Å². The molecule has 0 radical (unpaired) electrons. The molecule has 8 heteroatoms. The van der Waals surface area contributed by atoms with Gasteiger partial charge in [-0.25, -0.2) is 8.42 Å². The van der Waals surface area contributed by atoms with Gasteiger partial charge in [0.05, 0.1) is 17.7 Å². The van der Waals surface area contributed by atoms with Crippen LogP contribution < -0.4 is 5.32 Å². The molecule has 1 aromatic carbocycles. The van der Waals surface area contributed by atoms with Crippen LogP contribution in [0.3, 0.4) is 0 Å². The van der Waals surface area contributed by atoms with Crippen molar-refractivity contribution in [3.8, 4) is 6.07 Å². The molecular weight excluding hydrogens is 302 g/mol. The summed E-state index contributed by atoms with van der Waals surface area (Å²) in [6, 6.07) is 5.36. The Morgan fingerprint density at radius 3 is 2.75 bits per heavy atom. The molecule has 2 N–H and O–H groups in total. The quantitative estimate of drug-likeness (QED) is 0.829. The molecule has 1 heterocycles. The SMILES string of the molecule is CN([C@H]1CNC[C@@H]1O)S(=O)(=O)c1cc(Cl)ccc1C#N. The number of nitrogens with one attached hydrogen (secondary N) is 1. The minimum absolute atomic E-state index is 0.0293. The average molecular weight is 316 g/mol. The maximum Gasteiger partial charge on any atom is 0.244 e. The Morgan fingerprint density at radius 2 is 2.20 bits per heavy atom. The lowest BCUT2D eigenvalue weighted by molar-refractivity contribution is 0.136. The number of sulfonamides is 1. The van der Waals surface area contributed by atoms with Gasteiger partial charge in [-0.3, -0.25) is 0 Å². The third kappa shape index (κ3) is 2.66. The number of aliphatic hydroxyl groups excluding tert-OH is 1. The van der Waals surface area contributed by atoms with Crippen molar-refractivity contribution in [1.29, 1.82) is 5.26 Å². The van der Waals surface area contributed by atoms with E-state index in [-0.39, 0.29) is 15.5 Å². The Labute approximate surface area is 122 Å². The summed E-state index contributed by atoms with van der Waals surface area (Å²) < 4.78 is 26.2. The van der Waals surface area contributed by atoms with Crippen LogP contribution in [-0.2, 0) is 10.0 Å². The summed E-state index contributed by atoms with van der Waals surface area (Å²) in [6.07, 6.45) is -0.778. The monoisotopic (exact) mass is 315 g/mol. The molecule has 0 saturated carbocycles. The van der Waals surface area contributed by atoms with Crippen molar-refractivity contribution < 1.29 is 13.5 Å². The first kappa shape index (κ1) is 15.2. The van der Waals surface area contributed by atoms with Crippen molar-refractivity contribution in [2.75, 3.05) is 20.1 Å². The van der Waals surface area contributed by atoms with E-state index in [9.17, 15) is 13.5 Å². The Kier molecular flexibility index (Phi) is 4.32. The molecule has 1 fully saturated rings. The molecular formula is C12H14ClN3O3S. The zero-order chi connectivity index (χ0) is 14.9. The maximum atomic E-state index is 12.6. The third-order valence-corrected chi connectivity index (χ3v) is 5.50. The fraction of sp³-hybridized carbons (Fsp3) is 0.417. The highest BCUT2D eigenvalue weighted by Gasteiger charge is 2.36. The number of nitrogens with zero attached hydrogens (tertiary/aromatic N) is 2. The molecule has 2 atom stereocenters. The fourth-order valence-corrected chi connectivity index (χ4v) is 3.94. The number of nitriles is 1. The van der Waals surface area contributed by atoms with E-state index in [2.05, 4.69) is 5.32 Å². The summed E-state index contributed by atoms with van der Waals surface area (Å²) in [4.78, 5) is -0.144. The first-order valence-electron chi connectivity index (χ1n) is 5.94. The topological polar surface area (TPSA) is 93.4 Å². The molecule has 0 unspecified atom stereocenters. The molecule has 0 bridgehead atoms. The number of likely N-dealkylation sites (N-methyl/N-ethyl adjacent to an activating group) is 1. The molecule has 0 aromatic heterocycles. The lowest BCUT2D eigenvalue weighted by Crippen LogP contribution is -2.44. The van der Waals surface area contributed by atoms with Crippen LogP contribution in [0.2, 0.25) is 5.02 Å². The van der Waals surface area contributed by atoms with Gasteiger partial charge >= 0.3 is 0 Å². The zero-order valence-electron chi connectivity index (χ0n) is 10.7. The first-order valence-corrected chi connectivity index (χ1v) is 7.76. The van der Waals surface area contributed by atoms with E-state index in [1.165, 1.54) is 25.2 Å². The van der Waals surface area contributed by atoms with Crippen molar-refractivity contribution in [1.82, 2.24) is 9.62 Å². The van der Waals surface area contributed by atoms with Crippen LogP contribution in [0.15, 0.2) is 23.1 Å². The summed E-state index contributed by atoms with van der Waals surface area (Å²) >= 11 is 5.82. The van der Waals surface area contributed by atoms with Gasteiger partial charge in [0.1, 0.15) is 11.0 Å². The summed E-state index contributed by atoms with van der Waals surface area (Å²) in [7, 11) is -2.51. The molecule has 0 aliphatic carbocycles. The number of aliphatic hydroxyl groups is 1. The van der Waals surface area contributed by atoms with Crippen LogP contribution in [-0.4, -0.2) is 50.1 Å². The zero-order valence-corrected chi connectivity index (χ0v) is 12.3. The predicted octanol–water partition coefficient (Wildman–Crippen LogP) is 0.165. The van der Waals surface area contributed by atoms with Crippen LogP contribution in [0.25, 0.3) is 0 Å². The molecule has 108 valence electrons. The lowest BCUT2D eigenvalue weighted by atomic mass is 10.2. The van der Waals surface area contributed by atoms with Crippen LogP contribution in [0.4, 0.5) is 0 Å². The molecule has 20 heavy (non-hydrogen) atoms. The van der Waals surface area contributed by atoms with Gasteiger partial charge in [-0.15, -0.1) is 0 Å². The van der Waals surface area contributed by atoms with E-state index in [1.807, 2.05) is 6.07 Å². The van der Waals surface area contributed by atoms with Gasteiger partial charge in [0.25, 0.3) is 0 Å². The van der Waals surface area contributed by atoms with Crippen LogP contribution in [0, 0.1) is 11.3 Å². The Morgan fingerprint density at radius 1 is 1.50 bits per heavy atom. The second-order valence-corrected chi connectivity index (χ2v) is 6.97. The Hall–Kier alpha value is -1.17. The van der Waals surface area contributed by atoms with E-state index < -0.39 is 22.2 Å². The van der Waals surface area contributed by atoms with Crippen molar-refractivity contribution in [3.63, 3.8) is 0 Å². The van der Waals surface area contributed by atoms with Gasteiger partial charge in [-0.1, -0.05) is 11.6 Å². The average Bonchev–Trinajstić information content (AvgIpc) is 2.83. The lowest BCUT2D eigenvalue weighted by Gasteiger charge is -2.26. The number of β-amino-alcohol motifs (C(OH)–C–C–N with tert-alkyl or cyclic N) is 1. The van der Waals surface area contributed by atoms with Gasteiger partial charge < -0.3 is 10.4 Å². The number of benzene rings is 1. The summed E-state index contributed by atoms with van der Waals surface area (Å²) in [5, 5.41) is 22.0. The largest absolute Gasteiger partial charge is 0.390 e. The number of rotatable bonds is 3. The van der Waals surface area contributed by atoms with Gasteiger partial charge in [-0.2, -0.15) is 9.57 Å². The molecule has 1 aliphatic rings. The van der Waals surface area contributed by atoms with Crippen LogP contribution in [0.1, 0.15) is 5.56 Å². The molecule has 1 aliphatic heterocycles. The smallest absolute Gasteiger partial charge is 0.244 e. The summed E-state index contributed by atoms with van der Waals surface area (Å²) in [5.74, 6) is 0. The normalized spacial score (nSPS) is 22.9. The van der Waals surface area contributed by atoms with E-state index in [0.717, 1.165) is 4.31 Å². The fourth-order valence-electron chi connectivity index (χ4n) is 2.16. The Bertz CT molecular complexity index is 656. The van der Waals surface area contributed by atoms with Gasteiger partial charge in [0.2, 0.25) is 10.0 Å². The molecule has 0 spiro atoms. The molecule has 6 nitrogen and oxygen atoms in total. The minimum Gasteiger partial charge on any atom is -0.390 e.